The monoisotopic (exact) mass is 359 g/mol. The van der Waals surface area contributed by atoms with Crippen molar-refractivity contribution in [2.75, 3.05) is 7.05 Å². The van der Waals surface area contributed by atoms with E-state index in [0.717, 1.165) is 0 Å². The van der Waals surface area contributed by atoms with Crippen LogP contribution in [0.25, 0.3) is 0 Å². The van der Waals surface area contributed by atoms with E-state index < -0.39 is 11.5 Å². The van der Waals surface area contributed by atoms with E-state index >= 15 is 0 Å². The molecule has 26 heavy (non-hydrogen) atoms. The first-order valence-electron chi connectivity index (χ1n) is 8.16. The third kappa shape index (κ3) is 3.88. The van der Waals surface area contributed by atoms with Gasteiger partial charge in [0.1, 0.15) is 11.6 Å². The van der Waals surface area contributed by atoms with E-state index in [9.17, 15) is 13.6 Å². The third-order valence-electron chi connectivity index (χ3n) is 4.01. The number of hydroxylamine groups is 2. The number of nitrogens with one attached hydrogen (secondary N) is 1. The summed E-state index contributed by atoms with van der Waals surface area (Å²) < 4.78 is 27.6. The molecule has 1 amide bonds. The summed E-state index contributed by atoms with van der Waals surface area (Å²) in [5, 5.41) is 4.00. The van der Waals surface area contributed by atoms with Gasteiger partial charge >= 0.3 is 0 Å². The summed E-state index contributed by atoms with van der Waals surface area (Å²) in [7, 11) is 1.60. The van der Waals surface area contributed by atoms with Gasteiger partial charge in [0.15, 0.2) is 11.6 Å². The van der Waals surface area contributed by atoms with Crippen molar-refractivity contribution in [2.45, 2.75) is 25.6 Å². The second kappa shape index (κ2) is 7.21. The number of amidine groups is 1. The van der Waals surface area contributed by atoms with Crippen LogP contribution >= 0.6 is 0 Å². The summed E-state index contributed by atoms with van der Waals surface area (Å²) in [6.07, 6.45) is -0.0796. The quantitative estimate of drug-likeness (QED) is 0.893. The van der Waals surface area contributed by atoms with Gasteiger partial charge in [0, 0.05) is 19.2 Å². The van der Waals surface area contributed by atoms with Crippen molar-refractivity contribution in [3.05, 3.63) is 71.3 Å². The second-order valence-electron chi connectivity index (χ2n) is 6.22. The molecule has 0 spiro atoms. The first kappa shape index (κ1) is 18.0. The molecule has 2 aromatic rings. The highest BCUT2D eigenvalue weighted by molar-refractivity contribution is 5.99. The average molecular weight is 359 g/mol. The van der Waals surface area contributed by atoms with E-state index in [1.165, 1.54) is 17.2 Å². The van der Waals surface area contributed by atoms with Crippen molar-refractivity contribution in [2.24, 2.45) is 4.99 Å². The molecule has 1 N–H and O–H groups in total. The molecule has 3 rings (SSSR count). The number of hydrogen-bond acceptors (Lipinski definition) is 4. The minimum absolute atomic E-state index is 0.0707. The molecule has 1 aliphatic heterocycles. The molecule has 2 aromatic carbocycles. The highest BCUT2D eigenvalue weighted by atomic mass is 19.1. The van der Waals surface area contributed by atoms with E-state index in [1.54, 1.807) is 50.4 Å². The van der Waals surface area contributed by atoms with Gasteiger partial charge in [-0.05, 0) is 25.1 Å². The smallest absolute Gasteiger partial charge is 0.225 e. The molecule has 136 valence electrons. The molecule has 1 atom stereocenters. The fourth-order valence-electron chi connectivity index (χ4n) is 2.79. The largest absolute Gasteiger partial charge is 0.352 e. The predicted molar refractivity (Wildman–Crippen MR) is 93.1 cm³/mol. The van der Waals surface area contributed by atoms with Crippen molar-refractivity contribution in [1.29, 1.82) is 0 Å². The lowest BCUT2D eigenvalue weighted by Gasteiger charge is -2.21. The lowest BCUT2D eigenvalue weighted by atomic mass is 10.1. The van der Waals surface area contributed by atoms with E-state index in [0.29, 0.717) is 17.0 Å². The number of nitrogens with zero attached hydrogens (tertiary/aromatic N) is 2. The molecule has 0 saturated carbocycles. The summed E-state index contributed by atoms with van der Waals surface area (Å²) >= 11 is 0. The zero-order valence-electron chi connectivity index (χ0n) is 14.5. The summed E-state index contributed by atoms with van der Waals surface area (Å²) in [6, 6.07) is 12.4. The van der Waals surface area contributed by atoms with Gasteiger partial charge < -0.3 is 5.32 Å². The maximum Gasteiger partial charge on any atom is 0.225 e. The van der Waals surface area contributed by atoms with Crippen LogP contribution in [0, 0.1) is 11.6 Å². The van der Waals surface area contributed by atoms with E-state index in [1.807, 2.05) is 0 Å². The summed E-state index contributed by atoms with van der Waals surface area (Å²) in [6.45, 7) is 1.71. The zero-order chi connectivity index (χ0) is 18.7. The second-order valence-corrected chi connectivity index (χ2v) is 6.22. The van der Waals surface area contributed by atoms with Crippen LogP contribution in [0.15, 0.2) is 53.5 Å². The number of amides is 1. The molecule has 1 heterocycles. The Bertz CT molecular complexity index is 856. The summed E-state index contributed by atoms with van der Waals surface area (Å²) in [5.41, 5.74) is -0.470. The van der Waals surface area contributed by atoms with E-state index in [2.05, 4.69) is 10.3 Å². The van der Waals surface area contributed by atoms with Gasteiger partial charge in [0.25, 0.3) is 0 Å². The van der Waals surface area contributed by atoms with E-state index in [-0.39, 0.29) is 24.7 Å². The van der Waals surface area contributed by atoms with Crippen LogP contribution < -0.4 is 5.32 Å². The molecule has 0 bridgehead atoms. The lowest BCUT2D eigenvalue weighted by Crippen LogP contribution is -2.35. The number of benzene rings is 2. The van der Waals surface area contributed by atoms with Gasteiger partial charge in [-0.3, -0.25) is 4.79 Å². The fourth-order valence-corrected chi connectivity index (χ4v) is 2.79. The third-order valence-corrected chi connectivity index (χ3v) is 4.01. The minimum Gasteiger partial charge on any atom is -0.352 e. The molecule has 0 aliphatic carbocycles. The Labute approximate surface area is 150 Å². The van der Waals surface area contributed by atoms with Crippen LogP contribution in [0.3, 0.4) is 0 Å². The maximum absolute atomic E-state index is 14.0. The SMILES string of the molecule is CN1OC(C)(CC(=O)NCc2ccccc2F)N=C1c1ccccc1F. The number of halogens is 2. The molecule has 1 aliphatic rings. The van der Waals surface area contributed by atoms with Crippen molar-refractivity contribution in [3.8, 4) is 0 Å². The van der Waals surface area contributed by atoms with Crippen LogP contribution in [-0.4, -0.2) is 29.6 Å². The molecular formula is C19H19F2N3O2. The highest BCUT2D eigenvalue weighted by Gasteiger charge is 2.38. The van der Waals surface area contributed by atoms with Gasteiger partial charge in [-0.1, -0.05) is 30.3 Å². The van der Waals surface area contributed by atoms with Crippen molar-refractivity contribution in [3.63, 3.8) is 0 Å². The van der Waals surface area contributed by atoms with Crippen molar-refractivity contribution < 1.29 is 18.4 Å². The highest BCUT2D eigenvalue weighted by Crippen LogP contribution is 2.28. The molecule has 0 aromatic heterocycles. The van der Waals surface area contributed by atoms with Crippen LogP contribution in [-0.2, 0) is 16.2 Å². The minimum atomic E-state index is -1.16. The van der Waals surface area contributed by atoms with Crippen molar-refractivity contribution in [1.82, 2.24) is 10.4 Å². The Morgan fingerprint density at radius 1 is 1.15 bits per heavy atom. The van der Waals surface area contributed by atoms with Crippen LogP contribution in [0.1, 0.15) is 24.5 Å². The first-order valence-corrected chi connectivity index (χ1v) is 8.16. The standard InChI is InChI=1S/C19H19F2N3O2/c1-19(11-17(25)22-12-13-7-3-5-9-15(13)20)23-18(24(2)26-19)14-8-4-6-10-16(14)21/h3-10H,11-12H2,1-2H3,(H,22,25). The molecule has 5 nitrogen and oxygen atoms in total. The maximum atomic E-state index is 14.0. The number of hydrogen-bond donors (Lipinski definition) is 1. The van der Waals surface area contributed by atoms with Gasteiger partial charge in [-0.25, -0.2) is 23.7 Å². The molecular weight excluding hydrogens is 340 g/mol. The topological polar surface area (TPSA) is 53.9 Å². The zero-order valence-corrected chi connectivity index (χ0v) is 14.5. The number of carbonyl (C=O) groups excluding carboxylic acids is 1. The summed E-state index contributed by atoms with van der Waals surface area (Å²) in [5.74, 6) is -0.833. The molecule has 0 fully saturated rings. The van der Waals surface area contributed by atoms with E-state index in [4.69, 9.17) is 4.84 Å². The van der Waals surface area contributed by atoms with Gasteiger partial charge in [-0.2, -0.15) is 0 Å². The van der Waals surface area contributed by atoms with Gasteiger partial charge in [0.05, 0.1) is 12.0 Å². The Kier molecular flexibility index (Phi) is 4.99. The molecule has 0 radical (unpaired) electrons. The van der Waals surface area contributed by atoms with Crippen LogP contribution in [0.4, 0.5) is 8.78 Å². The first-order chi connectivity index (χ1) is 12.4. The number of aliphatic imine (C=N–C) groups is 1. The van der Waals surface area contributed by atoms with Crippen LogP contribution in [0.2, 0.25) is 0 Å². The summed E-state index contributed by atoms with van der Waals surface area (Å²) in [4.78, 5) is 22.3. The predicted octanol–water partition coefficient (Wildman–Crippen LogP) is 3.01. The van der Waals surface area contributed by atoms with Crippen LogP contribution in [0.5, 0.6) is 0 Å². The number of rotatable bonds is 5. The number of carbonyl (C=O) groups is 1. The Morgan fingerprint density at radius 3 is 2.50 bits per heavy atom. The normalized spacial score (nSPS) is 19.4. The molecule has 7 heteroatoms. The average Bonchev–Trinajstić information content (AvgIpc) is 2.88. The van der Waals surface area contributed by atoms with Gasteiger partial charge in [-0.15, -0.1) is 0 Å². The van der Waals surface area contributed by atoms with Gasteiger partial charge in [0.2, 0.25) is 5.91 Å². The fraction of sp³-hybridized carbons (Fsp3) is 0.263. The lowest BCUT2D eigenvalue weighted by molar-refractivity contribution is -0.166. The Hall–Kier alpha value is -2.80. The Balaban J connectivity index is 1.68. The Morgan fingerprint density at radius 2 is 1.81 bits per heavy atom. The molecule has 1 unspecified atom stereocenters. The molecule has 0 saturated heterocycles. The van der Waals surface area contributed by atoms with Crippen molar-refractivity contribution >= 4 is 11.7 Å².